The van der Waals surface area contributed by atoms with Gasteiger partial charge in [-0.25, -0.2) is 0 Å². The number of hydrogen-bond acceptors (Lipinski definition) is 2. The quantitative estimate of drug-likeness (QED) is 0.807. The van der Waals surface area contributed by atoms with Gasteiger partial charge in [0.2, 0.25) is 0 Å². The Morgan fingerprint density at radius 1 is 1.44 bits per heavy atom. The van der Waals surface area contributed by atoms with E-state index in [2.05, 4.69) is 5.32 Å². The Labute approximate surface area is 95.5 Å². The zero-order chi connectivity index (χ0) is 11.4. The first-order valence-electron chi connectivity index (χ1n) is 5.75. The van der Waals surface area contributed by atoms with E-state index in [0.717, 1.165) is 25.1 Å². The maximum absolute atomic E-state index is 11.3. The molecule has 1 aromatic carbocycles. The summed E-state index contributed by atoms with van der Waals surface area (Å²) in [7, 11) is 0. The predicted molar refractivity (Wildman–Crippen MR) is 62.2 cm³/mol. The van der Waals surface area contributed by atoms with Crippen molar-refractivity contribution in [3.63, 3.8) is 0 Å². The van der Waals surface area contributed by atoms with Crippen molar-refractivity contribution in [2.45, 2.75) is 12.8 Å². The maximum atomic E-state index is 11.3. The molecule has 86 valence electrons. The van der Waals surface area contributed by atoms with Gasteiger partial charge in [-0.3, -0.25) is 4.79 Å². The molecule has 0 amide bonds. The summed E-state index contributed by atoms with van der Waals surface area (Å²) in [5.74, 6) is -0.646. The van der Waals surface area contributed by atoms with E-state index in [4.69, 9.17) is 0 Å². The number of rotatable bonds is 4. The second kappa shape index (κ2) is 5.12. The molecule has 16 heavy (non-hydrogen) atoms. The zero-order valence-corrected chi connectivity index (χ0v) is 9.23. The van der Waals surface area contributed by atoms with Gasteiger partial charge in [0.15, 0.2) is 0 Å². The third-order valence-corrected chi connectivity index (χ3v) is 3.28. The van der Waals surface area contributed by atoms with Crippen LogP contribution in [0.25, 0.3) is 0 Å². The summed E-state index contributed by atoms with van der Waals surface area (Å²) in [5.41, 5.74) is 1.11. The SMILES string of the molecule is O=C(O)[C@H](Cc1ccccc1)[C@@H]1CCNC1. The second-order valence-electron chi connectivity index (χ2n) is 4.39. The van der Waals surface area contributed by atoms with Crippen LogP contribution in [0.4, 0.5) is 0 Å². The normalized spacial score (nSPS) is 21.9. The predicted octanol–water partition coefficient (Wildman–Crippen LogP) is 1.54. The van der Waals surface area contributed by atoms with E-state index >= 15 is 0 Å². The molecule has 3 heteroatoms. The Hall–Kier alpha value is -1.35. The van der Waals surface area contributed by atoms with Crippen LogP contribution in [-0.2, 0) is 11.2 Å². The van der Waals surface area contributed by atoms with Crippen molar-refractivity contribution in [3.05, 3.63) is 35.9 Å². The highest BCUT2D eigenvalue weighted by molar-refractivity contribution is 5.71. The molecule has 3 nitrogen and oxygen atoms in total. The Morgan fingerprint density at radius 3 is 2.75 bits per heavy atom. The van der Waals surface area contributed by atoms with E-state index in [0.29, 0.717) is 6.42 Å². The molecule has 0 unspecified atom stereocenters. The molecule has 0 saturated carbocycles. The summed E-state index contributed by atoms with van der Waals surface area (Å²) in [5, 5.41) is 12.5. The van der Waals surface area contributed by atoms with Crippen molar-refractivity contribution < 1.29 is 9.90 Å². The topological polar surface area (TPSA) is 49.3 Å². The highest BCUT2D eigenvalue weighted by atomic mass is 16.4. The third kappa shape index (κ3) is 2.61. The molecule has 0 bridgehead atoms. The van der Waals surface area contributed by atoms with Crippen LogP contribution in [0.5, 0.6) is 0 Å². The van der Waals surface area contributed by atoms with Gasteiger partial charge < -0.3 is 10.4 Å². The van der Waals surface area contributed by atoms with Crippen LogP contribution in [0.2, 0.25) is 0 Å². The highest BCUT2D eigenvalue weighted by Crippen LogP contribution is 2.23. The fraction of sp³-hybridized carbons (Fsp3) is 0.462. The van der Waals surface area contributed by atoms with Gasteiger partial charge in [-0.2, -0.15) is 0 Å². The molecule has 1 saturated heterocycles. The van der Waals surface area contributed by atoms with Crippen LogP contribution in [0.1, 0.15) is 12.0 Å². The first kappa shape index (κ1) is 11.1. The van der Waals surface area contributed by atoms with E-state index in [1.54, 1.807) is 0 Å². The fourth-order valence-corrected chi connectivity index (χ4v) is 2.34. The molecule has 1 aliphatic heterocycles. The van der Waals surface area contributed by atoms with Crippen molar-refractivity contribution in [2.24, 2.45) is 11.8 Å². The van der Waals surface area contributed by atoms with E-state index < -0.39 is 5.97 Å². The number of hydrogen-bond donors (Lipinski definition) is 2. The van der Waals surface area contributed by atoms with Crippen LogP contribution in [0, 0.1) is 11.8 Å². The summed E-state index contributed by atoms with van der Waals surface area (Å²) in [6.45, 7) is 1.78. The third-order valence-electron chi connectivity index (χ3n) is 3.28. The van der Waals surface area contributed by atoms with Crippen molar-refractivity contribution in [2.75, 3.05) is 13.1 Å². The van der Waals surface area contributed by atoms with E-state index in [9.17, 15) is 9.90 Å². The van der Waals surface area contributed by atoms with Crippen LogP contribution in [0.15, 0.2) is 30.3 Å². The molecule has 1 aliphatic rings. The van der Waals surface area contributed by atoms with E-state index in [-0.39, 0.29) is 11.8 Å². The fourth-order valence-electron chi connectivity index (χ4n) is 2.34. The summed E-state index contributed by atoms with van der Waals surface area (Å²) in [6, 6.07) is 9.87. The number of aliphatic carboxylic acids is 1. The van der Waals surface area contributed by atoms with Gasteiger partial charge in [0.25, 0.3) is 0 Å². The van der Waals surface area contributed by atoms with Crippen molar-refractivity contribution in [3.8, 4) is 0 Å². The smallest absolute Gasteiger partial charge is 0.307 e. The van der Waals surface area contributed by atoms with Gasteiger partial charge >= 0.3 is 5.97 Å². The molecule has 2 atom stereocenters. The van der Waals surface area contributed by atoms with Crippen LogP contribution < -0.4 is 5.32 Å². The summed E-state index contributed by atoms with van der Waals surface area (Å²) >= 11 is 0. The molecule has 0 spiro atoms. The average molecular weight is 219 g/mol. The van der Waals surface area contributed by atoms with Gasteiger partial charge in [-0.15, -0.1) is 0 Å². The number of carbonyl (C=O) groups is 1. The molecule has 1 fully saturated rings. The van der Waals surface area contributed by atoms with Gasteiger partial charge in [-0.1, -0.05) is 30.3 Å². The van der Waals surface area contributed by atoms with Crippen LogP contribution in [-0.4, -0.2) is 24.2 Å². The zero-order valence-electron chi connectivity index (χ0n) is 9.23. The van der Waals surface area contributed by atoms with E-state index in [1.165, 1.54) is 0 Å². The highest BCUT2D eigenvalue weighted by Gasteiger charge is 2.30. The van der Waals surface area contributed by atoms with Gasteiger partial charge in [0.1, 0.15) is 0 Å². The minimum Gasteiger partial charge on any atom is -0.481 e. The van der Waals surface area contributed by atoms with Gasteiger partial charge in [-0.05, 0) is 37.4 Å². The number of carboxylic acids is 1. The summed E-state index contributed by atoms with van der Waals surface area (Å²) < 4.78 is 0. The largest absolute Gasteiger partial charge is 0.481 e. The lowest BCUT2D eigenvalue weighted by molar-refractivity contribution is -0.143. The van der Waals surface area contributed by atoms with Crippen molar-refractivity contribution >= 4 is 5.97 Å². The molecule has 2 rings (SSSR count). The molecule has 1 heterocycles. The molecule has 2 N–H and O–H groups in total. The molecule has 0 aliphatic carbocycles. The minimum absolute atomic E-state index is 0.252. The summed E-state index contributed by atoms with van der Waals surface area (Å²) in [6.07, 6.45) is 1.62. The lowest BCUT2D eigenvalue weighted by Gasteiger charge is -2.18. The molecule has 0 radical (unpaired) electrons. The maximum Gasteiger partial charge on any atom is 0.307 e. The Balaban J connectivity index is 2.05. The van der Waals surface area contributed by atoms with E-state index in [1.807, 2.05) is 30.3 Å². The second-order valence-corrected chi connectivity index (χ2v) is 4.39. The van der Waals surface area contributed by atoms with Crippen LogP contribution >= 0.6 is 0 Å². The van der Waals surface area contributed by atoms with Crippen molar-refractivity contribution in [1.29, 1.82) is 0 Å². The first-order valence-corrected chi connectivity index (χ1v) is 5.75. The Bertz CT molecular complexity index is 344. The monoisotopic (exact) mass is 219 g/mol. The van der Waals surface area contributed by atoms with Crippen molar-refractivity contribution in [1.82, 2.24) is 5.32 Å². The minimum atomic E-state index is -0.669. The van der Waals surface area contributed by atoms with Gasteiger partial charge in [0, 0.05) is 0 Å². The molecular weight excluding hydrogens is 202 g/mol. The lowest BCUT2D eigenvalue weighted by Crippen LogP contribution is -2.27. The van der Waals surface area contributed by atoms with Gasteiger partial charge in [0.05, 0.1) is 5.92 Å². The number of nitrogens with one attached hydrogen (secondary N) is 1. The molecule has 1 aromatic rings. The average Bonchev–Trinajstić information content (AvgIpc) is 2.80. The Morgan fingerprint density at radius 2 is 2.19 bits per heavy atom. The van der Waals surface area contributed by atoms with Crippen LogP contribution in [0.3, 0.4) is 0 Å². The first-order chi connectivity index (χ1) is 7.77. The number of carboxylic acid groups (broad SMARTS) is 1. The lowest BCUT2D eigenvalue weighted by atomic mass is 9.86. The summed E-state index contributed by atoms with van der Waals surface area (Å²) in [4.78, 5) is 11.3. The Kier molecular flexibility index (Phi) is 3.57. The standard InChI is InChI=1S/C13H17NO2/c15-13(16)12(11-6-7-14-9-11)8-10-4-2-1-3-5-10/h1-5,11-12,14H,6-9H2,(H,15,16)/t11-,12-/m1/s1. The number of benzene rings is 1. The molecular formula is C13H17NO2. The molecule has 0 aromatic heterocycles.